The van der Waals surface area contributed by atoms with Gasteiger partial charge in [0.1, 0.15) is 24.5 Å². The number of carbonyl (C=O) groups excluding carboxylic acids is 1. The predicted octanol–water partition coefficient (Wildman–Crippen LogP) is 6.53. The van der Waals surface area contributed by atoms with Crippen LogP contribution in [-0.4, -0.2) is 81.6 Å². The minimum Gasteiger partial charge on any atom is -0.473 e. The number of para-hydroxylation sites is 1. The zero-order valence-corrected chi connectivity index (χ0v) is 28.7. The third kappa shape index (κ3) is 7.34. The van der Waals surface area contributed by atoms with E-state index in [1.54, 1.807) is 4.90 Å². The summed E-state index contributed by atoms with van der Waals surface area (Å²) in [4.78, 5) is 24.0. The van der Waals surface area contributed by atoms with Gasteiger partial charge in [-0.1, -0.05) is 72.8 Å². The van der Waals surface area contributed by atoms with E-state index >= 15 is 0 Å². The minimum atomic E-state index is -0.478. The molecule has 0 N–H and O–H groups in total. The Bertz CT molecular complexity index is 1890. The van der Waals surface area contributed by atoms with Crippen LogP contribution >= 0.6 is 0 Å². The monoisotopic (exact) mass is 660 g/mol. The molecule has 4 heterocycles. The lowest BCUT2D eigenvalue weighted by atomic mass is 10.1. The van der Waals surface area contributed by atoms with Gasteiger partial charge in [0.05, 0.1) is 16.8 Å². The third-order valence-electron chi connectivity index (χ3n) is 9.07. The number of rotatable bonds is 9. The van der Waals surface area contributed by atoms with Crippen LogP contribution in [0, 0.1) is 0 Å². The van der Waals surface area contributed by atoms with E-state index in [-0.39, 0.29) is 6.09 Å². The number of amides is 1. The first-order valence-electron chi connectivity index (χ1n) is 17.0. The number of ether oxygens (including phenoxy) is 3. The summed E-state index contributed by atoms with van der Waals surface area (Å²) in [7, 11) is 2.00. The lowest BCUT2D eigenvalue weighted by Crippen LogP contribution is -2.64. The molecule has 0 unspecified atom stereocenters. The number of hydrogen-bond acceptors (Lipinski definition) is 8. The first kappa shape index (κ1) is 32.5. The van der Waals surface area contributed by atoms with Crippen LogP contribution in [0.1, 0.15) is 31.9 Å². The molecular formula is C39H44N6O4. The quantitative estimate of drug-likeness (QED) is 0.176. The number of piperazine rings is 1. The van der Waals surface area contributed by atoms with E-state index in [0.29, 0.717) is 44.1 Å². The van der Waals surface area contributed by atoms with E-state index < -0.39 is 5.60 Å². The van der Waals surface area contributed by atoms with Gasteiger partial charge in [-0.3, -0.25) is 9.58 Å². The summed E-state index contributed by atoms with van der Waals surface area (Å²) in [6.07, 6.45) is -0.223. The summed E-state index contributed by atoms with van der Waals surface area (Å²) in [5.41, 5.74) is 5.51. The maximum absolute atomic E-state index is 12.4. The molecule has 0 atom stereocenters. The molecule has 7 rings (SSSR count). The van der Waals surface area contributed by atoms with Crippen LogP contribution in [0.2, 0.25) is 0 Å². The van der Waals surface area contributed by atoms with Gasteiger partial charge in [0.15, 0.2) is 0 Å². The van der Waals surface area contributed by atoms with Crippen LogP contribution in [0.25, 0.3) is 22.2 Å². The second kappa shape index (κ2) is 13.8. The fourth-order valence-corrected chi connectivity index (χ4v) is 6.51. The van der Waals surface area contributed by atoms with E-state index in [1.165, 1.54) is 0 Å². The fraction of sp³-hybridized carbons (Fsp3) is 0.359. The van der Waals surface area contributed by atoms with Crippen molar-refractivity contribution in [3.05, 3.63) is 102 Å². The third-order valence-corrected chi connectivity index (χ3v) is 9.07. The Balaban J connectivity index is 1.09. The molecule has 0 bridgehead atoms. The maximum atomic E-state index is 12.4. The fourth-order valence-electron chi connectivity index (χ4n) is 6.51. The molecule has 2 aromatic heterocycles. The molecule has 10 heteroatoms. The van der Waals surface area contributed by atoms with Gasteiger partial charge < -0.3 is 24.0 Å². The van der Waals surface area contributed by atoms with Crippen molar-refractivity contribution in [3.63, 3.8) is 0 Å². The Labute approximate surface area is 287 Å². The van der Waals surface area contributed by atoms with Crippen molar-refractivity contribution in [2.75, 3.05) is 44.2 Å². The average Bonchev–Trinajstić information content (AvgIpc) is 3.42. The van der Waals surface area contributed by atoms with Gasteiger partial charge >= 0.3 is 6.09 Å². The lowest BCUT2D eigenvalue weighted by Gasteiger charge is -2.48. The number of aryl methyl sites for hydroxylation is 1. The van der Waals surface area contributed by atoms with Crippen LogP contribution in [0.15, 0.2) is 91.0 Å². The van der Waals surface area contributed by atoms with Crippen molar-refractivity contribution in [3.8, 4) is 23.0 Å². The maximum Gasteiger partial charge on any atom is 0.410 e. The molecule has 0 aliphatic carbocycles. The van der Waals surface area contributed by atoms with Gasteiger partial charge in [-0.15, -0.1) is 0 Å². The zero-order valence-electron chi connectivity index (χ0n) is 28.7. The highest BCUT2D eigenvalue weighted by molar-refractivity contribution is 6.01. The minimum absolute atomic E-state index is 0.223. The van der Waals surface area contributed by atoms with E-state index in [1.807, 2.05) is 105 Å². The molecule has 3 aromatic carbocycles. The van der Waals surface area contributed by atoms with Gasteiger partial charge in [0, 0.05) is 63.8 Å². The van der Waals surface area contributed by atoms with Gasteiger partial charge in [-0.2, -0.15) is 10.1 Å². The van der Waals surface area contributed by atoms with Crippen LogP contribution in [0.4, 0.5) is 10.5 Å². The average molecular weight is 661 g/mol. The normalized spacial score (nSPS) is 15.7. The predicted molar refractivity (Wildman–Crippen MR) is 191 cm³/mol. The molecule has 5 aromatic rings. The second-order valence-corrected chi connectivity index (χ2v) is 13.8. The molecule has 0 spiro atoms. The molecule has 0 radical (unpaired) electrons. The standard InChI is InChI=1S/C39H44N6O4/c1-39(2,3)49-38(46)45-24-30(25-45)43-20-22-44(23-21-43)33-17-11-16-31-35(41-42(4)36(31)33)32-18-19-34(47-26-28-12-7-5-8-13-28)40-37(32)48-27-29-14-9-6-10-15-29/h5-19,30H,20-27H2,1-4H3. The van der Waals surface area contributed by atoms with Crippen LogP contribution in [0.3, 0.4) is 0 Å². The largest absolute Gasteiger partial charge is 0.473 e. The van der Waals surface area contributed by atoms with Crippen molar-refractivity contribution in [2.45, 2.75) is 45.6 Å². The molecule has 0 saturated carbocycles. The number of pyridine rings is 1. The topological polar surface area (TPSA) is 85.2 Å². The molecule has 2 saturated heterocycles. The molecule has 10 nitrogen and oxygen atoms in total. The van der Waals surface area contributed by atoms with Gasteiger partial charge in [-0.05, 0) is 44.0 Å². The molecule has 2 fully saturated rings. The summed E-state index contributed by atoms with van der Waals surface area (Å²) in [5, 5.41) is 6.08. The Morgan fingerprint density at radius 2 is 1.45 bits per heavy atom. The van der Waals surface area contributed by atoms with E-state index in [4.69, 9.17) is 24.3 Å². The van der Waals surface area contributed by atoms with Crippen molar-refractivity contribution in [2.24, 2.45) is 7.05 Å². The first-order valence-corrected chi connectivity index (χ1v) is 17.0. The van der Waals surface area contributed by atoms with Gasteiger partial charge in [0.25, 0.3) is 0 Å². The van der Waals surface area contributed by atoms with Crippen molar-refractivity contribution < 1.29 is 19.0 Å². The Morgan fingerprint density at radius 1 is 0.796 bits per heavy atom. The number of carbonyl (C=O) groups is 1. The lowest BCUT2D eigenvalue weighted by molar-refractivity contribution is -0.0162. The van der Waals surface area contributed by atoms with E-state index in [9.17, 15) is 4.79 Å². The smallest absolute Gasteiger partial charge is 0.410 e. The number of nitrogens with zero attached hydrogens (tertiary/aromatic N) is 6. The highest BCUT2D eigenvalue weighted by atomic mass is 16.6. The van der Waals surface area contributed by atoms with Crippen LogP contribution in [-0.2, 0) is 25.0 Å². The van der Waals surface area contributed by atoms with Gasteiger partial charge in [0.2, 0.25) is 11.8 Å². The summed E-state index contributed by atoms with van der Waals surface area (Å²) in [5.74, 6) is 0.976. The van der Waals surface area contributed by atoms with E-state index in [2.05, 4.69) is 28.0 Å². The number of aromatic nitrogens is 3. The highest BCUT2D eigenvalue weighted by Crippen LogP contribution is 2.38. The van der Waals surface area contributed by atoms with Crippen molar-refractivity contribution in [1.29, 1.82) is 0 Å². The molecule has 1 amide bonds. The summed E-state index contributed by atoms with van der Waals surface area (Å²) in [6.45, 7) is 11.6. The SMILES string of the molecule is Cn1nc(-c2ccc(OCc3ccccc3)nc2OCc2ccccc2)c2cccc(N3CCN(C4CN(C(=O)OC(C)(C)C)C4)CC3)c21. The molecule has 2 aliphatic heterocycles. The number of hydrogen-bond donors (Lipinski definition) is 0. The molecular weight excluding hydrogens is 616 g/mol. The van der Waals surface area contributed by atoms with Crippen molar-refractivity contribution >= 4 is 22.7 Å². The summed E-state index contributed by atoms with van der Waals surface area (Å²) >= 11 is 0. The zero-order chi connectivity index (χ0) is 34.0. The Kier molecular flexibility index (Phi) is 9.14. The van der Waals surface area contributed by atoms with Crippen molar-refractivity contribution in [1.82, 2.24) is 24.6 Å². The highest BCUT2D eigenvalue weighted by Gasteiger charge is 2.38. The van der Waals surface area contributed by atoms with Gasteiger partial charge in [-0.25, -0.2) is 4.79 Å². The molecule has 2 aliphatic rings. The summed E-state index contributed by atoms with van der Waals surface area (Å²) in [6, 6.07) is 30.8. The second-order valence-electron chi connectivity index (χ2n) is 13.8. The Morgan fingerprint density at radius 3 is 2.10 bits per heavy atom. The molecule has 49 heavy (non-hydrogen) atoms. The number of anilines is 1. The summed E-state index contributed by atoms with van der Waals surface area (Å²) < 4.78 is 20.0. The molecule has 254 valence electrons. The van der Waals surface area contributed by atoms with Crippen LogP contribution < -0.4 is 14.4 Å². The Hall–Kier alpha value is -5.09. The van der Waals surface area contributed by atoms with Crippen LogP contribution in [0.5, 0.6) is 11.8 Å². The number of likely N-dealkylation sites (tertiary alicyclic amines) is 1. The van der Waals surface area contributed by atoms with E-state index in [0.717, 1.165) is 65.2 Å². The number of benzene rings is 3. The first-order chi connectivity index (χ1) is 23.7. The number of fused-ring (bicyclic) bond motifs is 1.